The highest BCUT2D eigenvalue weighted by molar-refractivity contribution is 5.97. The molecule has 2 aromatic rings. The van der Waals surface area contributed by atoms with Gasteiger partial charge < -0.3 is 19.5 Å². The molecule has 0 fully saturated rings. The zero-order valence-corrected chi connectivity index (χ0v) is 17.3. The van der Waals surface area contributed by atoms with Gasteiger partial charge in [0.05, 0.1) is 23.7 Å². The maximum atomic E-state index is 13.4. The minimum absolute atomic E-state index is 0.00273. The fourth-order valence-corrected chi connectivity index (χ4v) is 2.49. The van der Waals surface area contributed by atoms with Crippen molar-refractivity contribution in [1.82, 2.24) is 0 Å². The smallest absolute Gasteiger partial charge is 0.339 e. The van der Waals surface area contributed by atoms with E-state index in [4.69, 9.17) is 14.2 Å². The first kappa shape index (κ1) is 23.6. The molecule has 0 saturated carbocycles. The summed E-state index contributed by atoms with van der Waals surface area (Å²) in [6.45, 7) is 5.95. The van der Waals surface area contributed by atoms with Crippen LogP contribution in [-0.4, -0.2) is 36.1 Å². The standard InChI is InChI=1S/C21H23FN2O7/c1-4-10-30-18-9-6-14(11-19(18)29-5-2)21(26)31-13(3)20(25)23-15-7-8-16(22)17(12-15)24(27)28/h6-9,11-13H,4-5,10H2,1-3H3,(H,23,25). The van der Waals surface area contributed by atoms with Crippen molar-refractivity contribution in [1.29, 1.82) is 0 Å². The Kier molecular flexibility index (Phi) is 8.30. The predicted octanol–water partition coefficient (Wildman–Crippen LogP) is 4.11. The summed E-state index contributed by atoms with van der Waals surface area (Å²) in [5.74, 6) is -1.66. The number of hydrogen-bond donors (Lipinski definition) is 1. The van der Waals surface area contributed by atoms with Crippen molar-refractivity contribution >= 4 is 23.3 Å². The first-order chi connectivity index (χ1) is 14.8. The van der Waals surface area contributed by atoms with Gasteiger partial charge in [-0.25, -0.2) is 4.79 Å². The van der Waals surface area contributed by atoms with E-state index in [0.717, 1.165) is 24.6 Å². The van der Waals surface area contributed by atoms with Crippen LogP contribution < -0.4 is 14.8 Å². The third-order valence-corrected chi connectivity index (χ3v) is 4.00. The van der Waals surface area contributed by atoms with Gasteiger partial charge >= 0.3 is 11.7 Å². The highest BCUT2D eigenvalue weighted by Crippen LogP contribution is 2.29. The van der Waals surface area contributed by atoms with Crippen molar-refractivity contribution in [2.75, 3.05) is 18.5 Å². The van der Waals surface area contributed by atoms with Crippen LogP contribution in [0.25, 0.3) is 0 Å². The van der Waals surface area contributed by atoms with E-state index in [0.29, 0.717) is 24.7 Å². The van der Waals surface area contributed by atoms with Gasteiger partial charge in [0.15, 0.2) is 17.6 Å². The molecule has 1 atom stereocenters. The lowest BCUT2D eigenvalue weighted by molar-refractivity contribution is -0.387. The molecule has 0 saturated heterocycles. The van der Waals surface area contributed by atoms with Crippen molar-refractivity contribution in [3.8, 4) is 11.5 Å². The van der Waals surface area contributed by atoms with Crippen molar-refractivity contribution in [2.24, 2.45) is 0 Å². The quantitative estimate of drug-likeness (QED) is 0.340. The van der Waals surface area contributed by atoms with Gasteiger partial charge in [0.25, 0.3) is 5.91 Å². The average molecular weight is 434 g/mol. The summed E-state index contributed by atoms with van der Waals surface area (Å²) in [4.78, 5) is 34.6. The summed E-state index contributed by atoms with van der Waals surface area (Å²) in [5, 5.41) is 13.2. The molecule has 0 aliphatic carbocycles. The van der Waals surface area contributed by atoms with Gasteiger partial charge in [-0.3, -0.25) is 14.9 Å². The summed E-state index contributed by atoms with van der Waals surface area (Å²) < 4.78 is 29.7. The maximum absolute atomic E-state index is 13.4. The lowest BCUT2D eigenvalue weighted by Gasteiger charge is -2.15. The molecule has 0 radical (unpaired) electrons. The number of anilines is 1. The minimum atomic E-state index is -1.22. The van der Waals surface area contributed by atoms with Crippen molar-refractivity contribution < 1.29 is 33.1 Å². The van der Waals surface area contributed by atoms with Crippen LogP contribution in [-0.2, 0) is 9.53 Å². The molecule has 31 heavy (non-hydrogen) atoms. The van der Waals surface area contributed by atoms with Crippen LogP contribution >= 0.6 is 0 Å². The lowest BCUT2D eigenvalue weighted by Crippen LogP contribution is -2.30. The second kappa shape index (κ2) is 10.9. The lowest BCUT2D eigenvalue weighted by atomic mass is 10.2. The minimum Gasteiger partial charge on any atom is -0.490 e. The van der Waals surface area contributed by atoms with Crippen LogP contribution in [0.5, 0.6) is 11.5 Å². The summed E-state index contributed by atoms with van der Waals surface area (Å²) in [6.07, 6.45) is -0.415. The number of carbonyl (C=O) groups is 2. The highest BCUT2D eigenvalue weighted by Gasteiger charge is 2.22. The van der Waals surface area contributed by atoms with Gasteiger partial charge in [0.1, 0.15) is 0 Å². The van der Waals surface area contributed by atoms with E-state index in [-0.39, 0.29) is 11.3 Å². The highest BCUT2D eigenvalue weighted by atomic mass is 19.1. The number of rotatable bonds is 10. The molecule has 2 rings (SSSR count). The first-order valence-corrected chi connectivity index (χ1v) is 9.62. The van der Waals surface area contributed by atoms with E-state index < -0.39 is 34.4 Å². The predicted molar refractivity (Wildman–Crippen MR) is 110 cm³/mol. The number of amides is 1. The third-order valence-electron chi connectivity index (χ3n) is 4.00. The second-order valence-electron chi connectivity index (χ2n) is 6.40. The molecule has 1 amide bonds. The van der Waals surface area contributed by atoms with Crippen LogP contribution in [0.3, 0.4) is 0 Å². The SMILES string of the molecule is CCCOc1ccc(C(=O)OC(C)C(=O)Nc2ccc(F)c([N+](=O)[O-])c2)cc1OCC. The van der Waals surface area contributed by atoms with Crippen molar-refractivity contribution in [3.05, 3.63) is 57.9 Å². The number of hydrogen-bond acceptors (Lipinski definition) is 7. The van der Waals surface area contributed by atoms with E-state index in [9.17, 15) is 24.1 Å². The normalized spacial score (nSPS) is 11.4. The number of ether oxygens (including phenoxy) is 3. The molecule has 0 aliphatic rings. The second-order valence-corrected chi connectivity index (χ2v) is 6.40. The van der Waals surface area contributed by atoms with Gasteiger partial charge in [0, 0.05) is 11.8 Å². The first-order valence-electron chi connectivity index (χ1n) is 9.62. The Labute approximate surface area is 178 Å². The van der Waals surface area contributed by atoms with E-state index in [2.05, 4.69) is 5.32 Å². The largest absolute Gasteiger partial charge is 0.490 e. The summed E-state index contributed by atoms with van der Waals surface area (Å²) in [5.41, 5.74) is -0.627. The van der Waals surface area contributed by atoms with Crippen molar-refractivity contribution in [3.63, 3.8) is 0 Å². The Morgan fingerprint density at radius 3 is 2.52 bits per heavy atom. The fraction of sp³-hybridized carbons (Fsp3) is 0.333. The van der Waals surface area contributed by atoms with Crippen LogP contribution in [0, 0.1) is 15.9 Å². The van der Waals surface area contributed by atoms with Crippen LogP contribution in [0.4, 0.5) is 15.8 Å². The maximum Gasteiger partial charge on any atom is 0.339 e. The number of nitro benzene ring substituents is 1. The van der Waals surface area contributed by atoms with Crippen molar-refractivity contribution in [2.45, 2.75) is 33.3 Å². The molecular weight excluding hydrogens is 411 g/mol. The average Bonchev–Trinajstić information content (AvgIpc) is 2.74. The van der Waals surface area contributed by atoms with E-state index in [1.165, 1.54) is 19.1 Å². The van der Waals surface area contributed by atoms with Gasteiger partial charge in [-0.1, -0.05) is 6.92 Å². The van der Waals surface area contributed by atoms with E-state index in [1.807, 2.05) is 6.92 Å². The third kappa shape index (κ3) is 6.39. The Bertz CT molecular complexity index is 965. The fourth-order valence-electron chi connectivity index (χ4n) is 2.49. The number of nitrogens with one attached hydrogen (secondary N) is 1. The molecule has 0 spiro atoms. The molecule has 0 aromatic heterocycles. The topological polar surface area (TPSA) is 117 Å². The zero-order valence-electron chi connectivity index (χ0n) is 17.3. The number of nitro groups is 1. The van der Waals surface area contributed by atoms with Crippen LogP contribution in [0.15, 0.2) is 36.4 Å². The zero-order chi connectivity index (χ0) is 23.0. The van der Waals surface area contributed by atoms with Gasteiger partial charge in [-0.05, 0) is 50.6 Å². The molecule has 1 unspecified atom stereocenters. The monoisotopic (exact) mass is 434 g/mol. The number of esters is 1. The number of nitrogens with zero attached hydrogens (tertiary/aromatic N) is 1. The number of halogens is 1. The molecule has 10 heteroatoms. The van der Waals surface area contributed by atoms with Gasteiger partial charge in [0.2, 0.25) is 5.82 Å². The Hall–Kier alpha value is -3.69. The molecule has 0 heterocycles. The molecule has 0 aliphatic heterocycles. The Balaban J connectivity index is 2.07. The number of carbonyl (C=O) groups excluding carboxylic acids is 2. The van der Waals surface area contributed by atoms with Crippen LogP contribution in [0.1, 0.15) is 37.6 Å². The van der Waals surface area contributed by atoms with Crippen LogP contribution in [0.2, 0.25) is 0 Å². The molecule has 1 N–H and O–H groups in total. The molecular formula is C21H23FN2O7. The van der Waals surface area contributed by atoms with E-state index in [1.54, 1.807) is 13.0 Å². The Morgan fingerprint density at radius 1 is 1.13 bits per heavy atom. The summed E-state index contributed by atoms with van der Waals surface area (Å²) >= 11 is 0. The number of benzene rings is 2. The molecule has 9 nitrogen and oxygen atoms in total. The molecule has 2 aromatic carbocycles. The molecule has 0 bridgehead atoms. The van der Waals surface area contributed by atoms with Gasteiger partial charge in [-0.15, -0.1) is 0 Å². The van der Waals surface area contributed by atoms with E-state index >= 15 is 0 Å². The summed E-state index contributed by atoms with van der Waals surface area (Å²) in [6, 6.07) is 7.44. The van der Waals surface area contributed by atoms with Gasteiger partial charge in [-0.2, -0.15) is 4.39 Å². The summed E-state index contributed by atoms with van der Waals surface area (Å²) in [7, 11) is 0. The molecule has 166 valence electrons. The Morgan fingerprint density at radius 2 is 1.87 bits per heavy atom.